The molecule has 1 saturated heterocycles. The van der Waals surface area contributed by atoms with E-state index in [2.05, 4.69) is 29.2 Å². The monoisotopic (exact) mass is 366 g/mol. The first-order valence-corrected chi connectivity index (χ1v) is 9.91. The maximum Gasteiger partial charge on any atom is 0.226 e. The highest BCUT2D eigenvalue weighted by Gasteiger charge is 2.27. The Bertz CT molecular complexity index is 690. The van der Waals surface area contributed by atoms with E-state index >= 15 is 0 Å². The fourth-order valence-corrected chi connectivity index (χ4v) is 3.67. The summed E-state index contributed by atoms with van der Waals surface area (Å²) in [6.45, 7) is 4.23. The number of likely N-dealkylation sites (tertiary alicyclic amines) is 1. The molecule has 3 rings (SSSR count). The van der Waals surface area contributed by atoms with E-state index in [-0.39, 0.29) is 11.8 Å². The highest BCUT2D eigenvalue weighted by Crippen LogP contribution is 2.20. The number of hydrogen-bond donors (Lipinski definition) is 0. The Morgan fingerprint density at radius 1 is 1.11 bits per heavy atom. The van der Waals surface area contributed by atoms with Gasteiger partial charge < -0.3 is 9.64 Å². The third-order valence-electron chi connectivity index (χ3n) is 5.13. The molecule has 1 aliphatic heterocycles. The van der Waals surface area contributed by atoms with E-state index in [4.69, 9.17) is 4.74 Å². The molecule has 2 aromatic carbocycles. The molecule has 2 aromatic rings. The fraction of sp³-hybridized carbons (Fsp3) is 0.435. The number of carbonyl (C=O) groups excluding carboxylic acids is 1. The van der Waals surface area contributed by atoms with Crippen LogP contribution in [-0.4, -0.2) is 49.0 Å². The van der Waals surface area contributed by atoms with Crippen molar-refractivity contribution in [3.63, 3.8) is 0 Å². The summed E-state index contributed by atoms with van der Waals surface area (Å²) in [5.41, 5.74) is 1.32. The third kappa shape index (κ3) is 6.10. The minimum absolute atomic E-state index is 0.113. The van der Waals surface area contributed by atoms with Gasteiger partial charge in [-0.05, 0) is 43.5 Å². The lowest BCUT2D eigenvalue weighted by Crippen LogP contribution is -2.43. The number of ether oxygens (including phenoxy) is 1. The first-order valence-electron chi connectivity index (χ1n) is 9.91. The van der Waals surface area contributed by atoms with Gasteiger partial charge in [0.15, 0.2) is 0 Å². The summed E-state index contributed by atoms with van der Waals surface area (Å²) in [6.07, 6.45) is 2.93. The molecule has 0 aromatic heterocycles. The van der Waals surface area contributed by atoms with Crippen LogP contribution in [0.3, 0.4) is 0 Å². The molecule has 0 spiro atoms. The Balaban J connectivity index is 1.40. The number of hydrogen-bond acceptors (Lipinski definition) is 3. The number of nitrogens with zero attached hydrogens (tertiary/aromatic N) is 2. The molecular formula is C23H30N2O2. The lowest BCUT2D eigenvalue weighted by Gasteiger charge is -2.34. The van der Waals surface area contributed by atoms with E-state index in [1.807, 2.05) is 48.3 Å². The summed E-state index contributed by atoms with van der Waals surface area (Å²) in [7, 11) is 1.92. The normalized spacial score (nSPS) is 17.4. The summed E-state index contributed by atoms with van der Waals surface area (Å²) in [5.74, 6) is 1.27. The molecule has 1 unspecified atom stereocenters. The minimum atomic E-state index is 0.113. The zero-order valence-corrected chi connectivity index (χ0v) is 16.2. The van der Waals surface area contributed by atoms with Crippen molar-refractivity contribution in [1.29, 1.82) is 0 Å². The second kappa shape index (κ2) is 10.1. The molecule has 0 radical (unpaired) electrons. The second-order valence-electron chi connectivity index (χ2n) is 7.33. The summed E-state index contributed by atoms with van der Waals surface area (Å²) in [5, 5.41) is 0. The number of benzene rings is 2. The molecule has 0 bridgehead atoms. The Morgan fingerprint density at radius 2 is 1.81 bits per heavy atom. The third-order valence-corrected chi connectivity index (χ3v) is 5.13. The zero-order chi connectivity index (χ0) is 18.9. The van der Waals surface area contributed by atoms with Gasteiger partial charge in [-0.25, -0.2) is 0 Å². The van der Waals surface area contributed by atoms with E-state index in [1.165, 1.54) is 5.56 Å². The van der Waals surface area contributed by atoms with Gasteiger partial charge in [-0.2, -0.15) is 0 Å². The van der Waals surface area contributed by atoms with Crippen molar-refractivity contribution in [3.05, 3.63) is 66.2 Å². The van der Waals surface area contributed by atoms with Crippen molar-refractivity contribution in [3.8, 4) is 5.75 Å². The number of amides is 1. The van der Waals surface area contributed by atoms with Gasteiger partial charge in [-0.3, -0.25) is 9.69 Å². The van der Waals surface area contributed by atoms with Crippen LogP contribution in [0.4, 0.5) is 0 Å². The summed E-state index contributed by atoms with van der Waals surface area (Å²) >= 11 is 0. The largest absolute Gasteiger partial charge is 0.494 e. The summed E-state index contributed by atoms with van der Waals surface area (Å²) in [4.78, 5) is 17.1. The van der Waals surface area contributed by atoms with Crippen molar-refractivity contribution >= 4 is 5.91 Å². The Kier molecular flexibility index (Phi) is 7.28. The Labute approximate surface area is 162 Å². The van der Waals surface area contributed by atoms with E-state index < -0.39 is 0 Å². The molecule has 0 N–H and O–H groups in total. The molecule has 1 amide bonds. The quantitative estimate of drug-likeness (QED) is 0.666. The van der Waals surface area contributed by atoms with E-state index in [1.54, 1.807) is 0 Å². The van der Waals surface area contributed by atoms with Gasteiger partial charge in [0.05, 0.1) is 12.5 Å². The first-order chi connectivity index (χ1) is 13.2. The molecule has 4 heteroatoms. The molecule has 27 heavy (non-hydrogen) atoms. The van der Waals surface area contributed by atoms with Crippen LogP contribution in [0, 0.1) is 5.92 Å². The SMILES string of the molecule is CN(CCCOc1ccccc1)C(=O)C1CCCN(Cc2ccccc2)C1. The van der Waals surface area contributed by atoms with Crippen LogP contribution >= 0.6 is 0 Å². The second-order valence-corrected chi connectivity index (χ2v) is 7.33. The molecule has 4 nitrogen and oxygen atoms in total. The molecule has 1 atom stereocenters. The van der Waals surface area contributed by atoms with Gasteiger partial charge in [-0.15, -0.1) is 0 Å². The Hall–Kier alpha value is -2.33. The lowest BCUT2D eigenvalue weighted by molar-refractivity contribution is -0.136. The topological polar surface area (TPSA) is 32.8 Å². The maximum absolute atomic E-state index is 12.8. The van der Waals surface area contributed by atoms with Gasteiger partial charge in [0.25, 0.3) is 0 Å². The standard InChI is InChI=1S/C23H30N2O2/c1-24(15-9-17-27-22-13-6-3-7-14-22)23(26)21-12-8-16-25(19-21)18-20-10-4-2-5-11-20/h2-7,10-11,13-14,21H,8-9,12,15-19H2,1H3. The molecule has 0 aliphatic carbocycles. The van der Waals surface area contributed by atoms with Gasteiger partial charge in [0.1, 0.15) is 5.75 Å². The van der Waals surface area contributed by atoms with Crippen LogP contribution in [0.15, 0.2) is 60.7 Å². The van der Waals surface area contributed by atoms with Crippen molar-refractivity contribution in [2.24, 2.45) is 5.92 Å². The molecule has 144 valence electrons. The van der Waals surface area contributed by atoms with Crippen LogP contribution in [0.2, 0.25) is 0 Å². The predicted octanol–water partition coefficient (Wildman–Crippen LogP) is 3.83. The summed E-state index contributed by atoms with van der Waals surface area (Å²) < 4.78 is 5.72. The molecular weight excluding hydrogens is 336 g/mol. The lowest BCUT2D eigenvalue weighted by atomic mass is 9.96. The van der Waals surface area contributed by atoms with Gasteiger partial charge in [0, 0.05) is 26.7 Å². The highest BCUT2D eigenvalue weighted by molar-refractivity contribution is 5.78. The number of piperidine rings is 1. The summed E-state index contributed by atoms with van der Waals surface area (Å²) in [6, 6.07) is 20.3. The van der Waals surface area contributed by atoms with Crippen molar-refractivity contribution in [2.45, 2.75) is 25.8 Å². The van der Waals surface area contributed by atoms with Crippen LogP contribution in [0.25, 0.3) is 0 Å². The number of para-hydroxylation sites is 1. The maximum atomic E-state index is 12.8. The average Bonchev–Trinajstić information content (AvgIpc) is 2.72. The van der Waals surface area contributed by atoms with Crippen LogP contribution in [-0.2, 0) is 11.3 Å². The van der Waals surface area contributed by atoms with Crippen LogP contribution < -0.4 is 4.74 Å². The van der Waals surface area contributed by atoms with Gasteiger partial charge >= 0.3 is 0 Å². The fourth-order valence-electron chi connectivity index (χ4n) is 3.67. The van der Waals surface area contributed by atoms with Crippen LogP contribution in [0.5, 0.6) is 5.75 Å². The zero-order valence-electron chi connectivity index (χ0n) is 16.2. The molecule has 0 saturated carbocycles. The Morgan fingerprint density at radius 3 is 2.56 bits per heavy atom. The molecule has 1 aliphatic rings. The van der Waals surface area contributed by atoms with Crippen LogP contribution in [0.1, 0.15) is 24.8 Å². The van der Waals surface area contributed by atoms with Crippen molar-refractivity contribution < 1.29 is 9.53 Å². The molecule has 1 fully saturated rings. The van der Waals surface area contributed by atoms with Gasteiger partial charge in [-0.1, -0.05) is 48.5 Å². The number of carbonyl (C=O) groups is 1. The molecule has 1 heterocycles. The van der Waals surface area contributed by atoms with E-state index in [0.29, 0.717) is 6.61 Å². The van der Waals surface area contributed by atoms with Gasteiger partial charge in [0.2, 0.25) is 5.91 Å². The van der Waals surface area contributed by atoms with E-state index in [0.717, 1.165) is 51.2 Å². The predicted molar refractivity (Wildman–Crippen MR) is 109 cm³/mol. The minimum Gasteiger partial charge on any atom is -0.494 e. The van der Waals surface area contributed by atoms with Crippen molar-refractivity contribution in [1.82, 2.24) is 9.80 Å². The van der Waals surface area contributed by atoms with Crippen molar-refractivity contribution in [2.75, 3.05) is 33.3 Å². The first kappa shape index (κ1) is 19.4. The average molecular weight is 367 g/mol. The highest BCUT2D eigenvalue weighted by atomic mass is 16.5. The smallest absolute Gasteiger partial charge is 0.226 e. The number of rotatable bonds is 8. The van der Waals surface area contributed by atoms with E-state index in [9.17, 15) is 4.79 Å².